The molecule has 0 aromatic heterocycles. The number of hydrogen-bond acceptors (Lipinski definition) is 5. The number of hydrazone groups is 1. The van der Waals surface area contributed by atoms with Gasteiger partial charge in [-0.05, 0) is 37.3 Å². The zero-order valence-corrected chi connectivity index (χ0v) is 14.2. The van der Waals surface area contributed by atoms with Gasteiger partial charge in [0.25, 0.3) is 0 Å². The van der Waals surface area contributed by atoms with E-state index < -0.39 is 16.4 Å². The van der Waals surface area contributed by atoms with Crippen LogP contribution >= 0.6 is 12.2 Å². The fraction of sp³-hybridized carbons (Fsp3) is 0.125. The van der Waals surface area contributed by atoms with Crippen molar-refractivity contribution in [2.45, 2.75) is 6.92 Å². The number of nitro groups is 1. The molecule has 0 aliphatic carbocycles. The molecule has 0 fully saturated rings. The Hall–Kier alpha value is -3.20. The number of rotatable bonds is 6. The van der Waals surface area contributed by atoms with Crippen LogP contribution in [0.2, 0.25) is 0 Å². The lowest BCUT2D eigenvalue weighted by atomic mass is 10.2. The molecule has 2 rings (SSSR count). The van der Waals surface area contributed by atoms with Crippen molar-refractivity contribution in [2.24, 2.45) is 0 Å². The summed E-state index contributed by atoms with van der Waals surface area (Å²) in [6, 6.07) is 12.0. The van der Waals surface area contributed by atoms with Crippen molar-refractivity contribution in [2.75, 3.05) is 11.9 Å². The van der Waals surface area contributed by atoms with Crippen LogP contribution in [0.15, 0.2) is 42.5 Å². The molecule has 4 N–H and O–H groups in total. The van der Waals surface area contributed by atoms with Gasteiger partial charge in [0.15, 0.2) is 12.0 Å². The number of hydrazine groups is 1. The summed E-state index contributed by atoms with van der Waals surface area (Å²) in [7, 11) is 0. The van der Waals surface area contributed by atoms with Gasteiger partial charge in [-0.25, -0.2) is 0 Å². The highest BCUT2D eigenvalue weighted by Crippen LogP contribution is 2.36. The average molecular weight is 361 g/mol. The Morgan fingerprint density at radius 2 is 2.12 bits per heavy atom. The molecule has 0 heterocycles. The summed E-state index contributed by atoms with van der Waals surface area (Å²) in [5.41, 5.74) is 3.55. The van der Waals surface area contributed by atoms with Gasteiger partial charge in [-0.2, -0.15) is 0 Å². The molecule has 9 heteroatoms. The Bertz CT molecular complexity index is 796. The van der Waals surface area contributed by atoms with E-state index in [1.807, 2.05) is 30.3 Å². The largest absolute Gasteiger partial charge is 0.500 e. The monoisotopic (exact) mass is 361 g/mol. The van der Waals surface area contributed by atoms with Crippen LogP contribution in [0.1, 0.15) is 12.5 Å². The van der Waals surface area contributed by atoms with Gasteiger partial charge in [0.2, 0.25) is 10.9 Å². The number of nitrogens with one attached hydrogen (secondary N) is 3. The normalized spacial score (nSPS) is 10.4. The van der Waals surface area contributed by atoms with Crippen LogP contribution < -0.4 is 20.6 Å². The first-order valence-electron chi connectivity index (χ1n) is 7.36. The first-order valence-corrected chi connectivity index (χ1v) is 7.77. The molecule has 0 spiro atoms. The average Bonchev–Trinajstić information content (AvgIpc) is 2.58. The number of thiocarbonyl (C=S) groups is 1. The molecule has 25 heavy (non-hydrogen) atoms. The lowest BCUT2D eigenvalue weighted by Gasteiger charge is -2.06. The Balaban J connectivity index is 2.09. The van der Waals surface area contributed by atoms with Crippen LogP contribution in [0.25, 0.3) is 0 Å². The molecule has 0 aliphatic rings. The first-order chi connectivity index (χ1) is 12.0. The molecule has 0 saturated carbocycles. The molecule has 0 amide bonds. The highest BCUT2D eigenvalue weighted by atomic mass is 32.1. The maximum absolute atomic E-state index is 11.0. The number of nitro benzene ring substituents is 1. The standard InChI is InChI=1S/C16H16N4O4S/c1-2-24-14-9-11(8-13(15(14)21)20(22)23)10-17-19-16(25)18-12-6-4-3-5-7-12/h3-10,21H,2H2,1H3,(H2,18,19,25)/p+1. The van der Waals surface area contributed by atoms with E-state index in [1.54, 1.807) is 6.92 Å². The number of para-hydroxylation sites is 1. The van der Waals surface area contributed by atoms with E-state index in [0.717, 1.165) is 5.69 Å². The number of phenolic OH excluding ortho intramolecular Hbond substituents is 1. The third-order valence-corrected chi connectivity index (χ3v) is 3.23. The topological polar surface area (TPSA) is 111 Å². The molecule has 8 nitrogen and oxygen atoms in total. The lowest BCUT2D eigenvalue weighted by Crippen LogP contribution is -2.82. The van der Waals surface area contributed by atoms with Crippen LogP contribution in [-0.4, -0.2) is 28.0 Å². The van der Waals surface area contributed by atoms with Gasteiger partial charge in [-0.1, -0.05) is 18.2 Å². The predicted octanol–water partition coefficient (Wildman–Crippen LogP) is 1.10. The summed E-state index contributed by atoms with van der Waals surface area (Å²) in [6.07, 6.45) is 1.47. The van der Waals surface area contributed by atoms with Crippen molar-refractivity contribution in [3.63, 3.8) is 0 Å². The number of nitrogens with zero attached hydrogens (tertiary/aromatic N) is 1. The highest BCUT2D eigenvalue weighted by molar-refractivity contribution is 7.80. The van der Waals surface area contributed by atoms with E-state index >= 15 is 0 Å². The smallest absolute Gasteiger partial charge is 0.315 e. The van der Waals surface area contributed by atoms with E-state index in [-0.39, 0.29) is 12.4 Å². The summed E-state index contributed by atoms with van der Waals surface area (Å²) in [4.78, 5) is 10.3. The van der Waals surface area contributed by atoms with Crippen molar-refractivity contribution in [3.8, 4) is 11.5 Å². The zero-order valence-electron chi connectivity index (χ0n) is 13.4. The zero-order chi connectivity index (χ0) is 18.2. The fourth-order valence-corrected chi connectivity index (χ4v) is 2.15. The van der Waals surface area contributed by atoms with Crippen molar-refractivity contribution < 1.29 is 19.9 Å². The van der Waals surface area contributed by atoms with E-state index in [9.17, 15) is 15.2 Å². The second-order valence-electron chi connectivity index (χ2n) is 4.81. The summed E-state index contributed by atoms with van der Waals surface area (Å²) < 4.78 is 5.21. The number of ether oxygens (including phenoxy) is 1. The molecule has 2 aromatic carbocycles. The molecule has 0 radical (unpaired) electrons. The van der Waals surface area contributed by atoms with Crippen molar-refractivity contribution in [1.82, 2.24) is 5.43 Å². The molecule has 0 atom stereocenters. The first kappa shape index (κ1) is 18.1. The van der Waals surface area contributed by atoms with Gasteiger partial charge in [-0.3, -0.25) is 10.1 Å². The van der Waals surface area contributed by atoms with Gasteiger partial charge >= 0.3 is 5.69 Å². The van der Waals surface area contributed by atoms with Gasteiger partial charge in [-0.15, -0.1) is 10.5 Å². The SMILES string of the molecule is CCOc1cc(C=[NH+]NC(=S)Nc2ccccc2)cc([N+](=O)[O-])c1O. The molecule has 0 bridgehead atoms. The number of phenols is 1. The van der Waals surface area contributed by atoms with Crippen LogP contribution in [0.3, 0.4) is 0 Å². The number of anilines is 1. The molecule has 130 valence electrons. The van der Waals surface area contributed by atoms with E-state index in [1.165, 1.54) is 18.3 Å². The summed E-state index contributed by atoms with van der Waals surface area (Å²) in [5, 5.41) is 26.9. The number of hydrogen-bond donors (Lipinski definition) is 4. The van der Waals surface area contributed by atoms with Gasteiger partial charge in [0.1, 0.15) is 0 Å². The third kappa shape index (κ3) is 5.15. The quantitative estimate of drug-likeness (QED) is 0.264. The molecule has 2 aromatic rings. The Labute approximate surface area is 149 Å². The summed E-state index contributed by atoms with van der Waals surface area (Å²) in [5.74, 6) is -0.465. The molecular weight excluding hydrogens is 344 g/mol. The molecular formula is C16H17N4O4S+. The maximum atomic E-state index is 11.0. The van der Waals surface area contributed by atoms with Crippen LogP contribution in [0.5, 0.6) is 11.5 Å². The third-order valence-electron chi connectivity index (χ3n) is 3.03. The Morgan fingerprint density at radius 1 is 1.40 bits per heavy atom. The van der Waals surface area contributed by atoms with Crippen LogP contribution in [0.4, 0.5) is 11.4 Å². The molecule has 0 saturated heterocycles. The van der Waals surface area contributed by atoms with E-state index in [2.05, 4.69) is 15.8 Å². The second kappa shape index (κ2) is 8.60. The van der Waals surface area contributed by atoms with E-state index in [0.29, 0.717) is 10.7 Å². The molecule has 0 unspecified atom stereocenters. The minimum atomic E-state index is -0.676. The predicted molar refractivity (Wildman–Crippen MR) is 97.9 cm³/mol. The van der Waals surface area contributed by atoms with Gasteiger partial charge in [0.05, 0.1) is 17.1 Å². The van der Waals surface area contributed by atoms with Crippen LogP contribution in [-0.2, 0) is 0 Å². The lowest BCUT2D eigenvalue weighted by molar-refractivity contribution is -0.499. The van der Waals surface area contributed by atoms with Crippen LogP contribution in [0, 0.1) is 10.1 Å². The number of aromatic hydroxyl groups is 1. The highest BCUT2D eigenvalue weighted by Gasteiger charge is 2.20. The van der Waals surface area contributed by atoms with Gasteiger partial charge < -0.3 is 15.2 Å². The van der Waals surface area contributed by atoms with Crippen molar-refractivity contribution >= 4 is 34.9 Å². The fourth-order valence-electron chi connectivity index (χ4n) is 1.97. The van der Waals surface area contributed by atoms with Gasteiger partial charge in [0, 0.05) is 11.8 Å². The number of benzene rings is 2. The minimum absolute atomic E-state index is 0.0368. The Morgan fingerprint density at radius 3 is 2.76 bits per heavy atom. The van der Waals surface area contributed by atoms with Crippen molar-refractivity contribution in [1.29, 1.82) is 0 Å². The second-order valence-corrected chi connectivity index (χ2v) is 5.22. The summed E-state index contributed by atoms with van der Waals surface area (Å²) >= 11 is 5.13. The molecule has 0 aliphatic heterocycles. The van der Waals surface area contributed by atoms with E-state index in [4.69, 9.17) is 17.0 Å². The summed E-state index contributed by atoms with van der Waals surface area (Å²) in [6.45, 7) is 1.99. The maximum Gasteiger partial charge on any atom is 0.315 e. The Kier molecular flexibility index (Phi) is 6.24. The minimum Gasteiger partial charge on any atom is -0.500 e. The van der Waals surface area contributed by atoms with Crippen molar-refractivity contribution in [3.05, 3.63) is 58.1 Å².